The third kappa shape index (κ3) is 2.92. The molecule has 1 aromatic carbocycles. The van der Waals surface area contributed by atoms with Crippen LogP contribution in [0, 0.1) is 0 Å². The Morgan fingerprint density at radius 3 is 2.76 bits per heavy atom. The third-order valence-corrected chi connectivity index (χ3v) is 4.09. The Morgan fingerprint density at radius 1 is 1.48 bits per heavy atom. The molecule has 0 aliphatic carbocycles. The number of H-pyrrole nitrogens is 1. The minimum atomic E-state index is -3.67. The zero-order valence-corrected chi connectivity index (χ0v) is 12.6. The molecule has 0 aliphatic rings. The minimum Gasteiger partial charge on any atom is -0.465 e. The number of esters is 1. The van der Waals surface area contributed by atoms with Crippen LogP contribution >= 0.6 is 0 Å². The van der Waals surface area contributed by atoms with Gasteiger partial charge in [0.1, 0.15) is 0 Å². The van der Waals surface area contributed by atoms with Gasteiger partial charge in [0.15, 0.2) is 0 Å². The van der Waals surface area contributed by atoms with Crippen LogP contribution in [0.5, 0.6) is 0 Å². The predicted molar refractivity (Wildman–Crippen MR) is 81.8 cm³/mol. The number of sulfonamides is 1. The average molecular weight is 308 g/mol. The van der Waals surface area contributed by atoms with E-state index in [4.69, 9.17) is 4.74 Å². The second-order valence-corrected chi connectivity index (χ2v) is 6.05. The van der Waals surface area contributed by atoms with Gasteiger partial charge in [0.05, 0.1) is 23.9 Å². The number of hydrogen-bond donors (Lipinski definition) is 2. The highest BCUT2D eigenvalue weighted by Crippen LogP contribution is 2.29. The van der Waals surface area contributed by atoms with Crippen molar-refractivity contribution >= 4 is 32.6 Å². The fourth-order valence-corrected chi connectivity index (χ4v) is 2.64. The van der Waals surface area contributed by atoms with Gasteiger partial charge in [0.2, 0.25) is 0 Å². The SMILES string of the molecule is C=CS(=O)(=O)Nc1cc(C(=O)OC)cc2c(CC)c[nH]c12. The number of nitrogens with one attached hydrogen (secondary N) is 2. The lowest BCUT2D eigenvalue weighted by atomic mass is 10.1. The van der Waals surface area contributed by atoms with E-state index in [1.54, 1.807) is 12.3 Å². The highest BCUT2D eigenvalue weighted by molar-refractivity contribution is 7.95. The molecule has 0 amide bonds. The number of methoxy groups -OCH3 is 1. The number of aromatic amines is 1. The number of benzene rings is 1. The van der Waals surface area contributed by atoms with Gasteiger partial charge < -0.3 is 9.72 Å². The number of carbonyl (C=O) groups is 1. The van der Waals surface area contributed by atoms with E-state index in [-0.39, 0.29) is 11.3 Å². The largest absolute Gasteiger partial charge is 0.465 e. The van der Waals surface area contributed by atoms with Crippen molar-refractivity contribution in [2.24, 2.45) is 0 Å². The molecule has 0 fully saturated rings. The van der Waals surface area contributed by atoms with E-state index in [2.05, 4.69) is 16.3 Å². The van der Waals surface area contributed by atoms with Crippen LogP contribution in [0.25, 0.3) is 10.9 Å². The smallest absolute Gasteiger partial charge is 0.337 e. The second kappa shape index (κ2) is 5.61. The summed E-state index contributed by atoms with van der Waals surface area (Å²) < 4.78 is 30.4. The van der Waals surface area contributed by atoms with Gasteiger partial charge in [-0.1, -0.05) is 13.5 Å². The Morgan fingerprint density at radius 2 is 2.19 bits per heavy atom. The van der Waals surface area contributed by atoms with E-state index in [1.165, 1.54) is 13.2 Å². The topological polar surface area (TPSA) is 88.3 Å². The maximum atomic E-state index is 11.7. The molecule has 2 N–H and O–H groups in total. The van der Waals surface area contributed by atoms with Gasteiger partial charge in [-0.25, -0.2) is 13.2 Å². The lowest BCUT2D eigenvalue weighted by molar-refractivity contribution is 0.0601. The molecule has 2 rings (SSSR count). The Labute approximate surface area is 122 Å². The fourth-order valence-electron chi connectivity index (χ4n) is 2.09. The number of aryl methyl sites for hydroxylation is 1. The number of anilines is 1. The molecule has 0 saturated carbocycles. The zero-order chi connectivity index (χ0) is 15.6. The normalized spacial score (nSPS) is 11.3. The zero-order valence-electron chi connectivity index (χ0n) is 11.8. The van der Waals surface area contributed by atoms with Gasteiger partial charge in [0, 0.05) is 17.0 Å². The summed E-state index contributed by atoms with van der Waals surface area (Å²) in [5.74, 6) is -0.529. The Hall–Kier alpha value is -2.28. The molecular formula is C14H16N2O4S. The molecule has 6 nitrogen and oxygen atoms in total. The Balaban J connectivity index is 2.69. The quantitative estimate of drug-likeness (QED) is 0.830. The molecule has 0 atom stereocenters. The molecule has 0 saturated heterocycles. The van der Waals surface area contributed by atoms with Gasteiger partial charge in [-0.3, -0.25) is 4.72 Å². The average Bonchev–Trinajstić information content (AvgIpc) is 2.89. The van der Waals surface area contributed by atoms with E-state index in [9.17, 15) is 13.2 Å². The molecule has 21 heavy (non-hydrogen) atoms. The highest BCUT2D eigenvalue weighted by atomic mass is 32.2. The van der Waals surface area contributed by atoms with Crippen molar-refractivity contribution in [2.75, 3.05) is 11.8 Å². The number of carbonyl (C=O) groups excluding carboxylic acids is 1. The van der Waals surface area contributed by atoms with Crippen LogP contribution in [0.3, 0.4) is 0 Å². The molecule has 0 radical (unpaired) electrons. The van der Waals surface area contributed by atoms with E-state index in [0.29, 0.717) is 5.52 Å². The van der Waals surface area contributed by atoms with Gasteiger partial charge in [-0.05, 0) is 24.1 Å². The van der Waals surface area contributed by atoms with Crippen LogP contribution in [-0.4, -0.2) is 26.5 Å². The van der Waals surface area contributed by atoms with Gasteiger partial charge in [0.25, 0.3) is 10.0 Å². The predicted octanol–water partition coefficient (Wildman–Crippen LogP) is 2.40. The molecule has 0 aliphatic heterocycles. The van der Waals surface area contributed by atoms with Crippen LogP contribution in [0.15, 0.2) is 30.3 Å². The van der Waals surface area contributed by atoms with E-state index in [1.807, 2.05) is 6.92 Å². The monoisotopic (exact) mass is 308 g/mol. The maximum absolute atomic E-state index is 11.7. The van der Waals surface area contributed by atoms with Crippen molar-refractivity contribution in [3.8, 4) is 0 Å². The summed E-state index contributed by atoms with van der Waals surface area (Å²) in [5, 5.41) is 1.59. The summed E-state index contributed by atoms with van der Waals surface area (Å²) in [7, 11) is -2.39. The number of aromatic nitrogens is 1. The third-order valence-electron chi connectivity index (χ3n) is 3.15. The summed E-state index contributed by atoms with van der Waals surface area (Å²) in [6, 6.07) is 3.12. The summed E-state index contributed by atoms with van der Waals surface area (Å²) in [6.45, 7) is 5.22. The maximum Gasteiger partial charge on any atom is 0.337 e. The van der Waals surface area contributed by atoms with Crippen LogP contribution < -0.4 is 4.72 Å². The van der Waals surface area contributed by atoms with Crippen LogP contribution in [-0.2, 0) is 21.2 Å². The van der Waals surface area contributed by atoms with Crippen molar-refractivity contribution in [3.63, 3.8) is 0 Å². The molecular weight excluding hydrogens is 292 g/mol. The molecule has 0 bridgehead atoms. The molecule has 1 heterocycles. The lowest BCUT2D eigenvalue weighted by Crippen LogP contribution is -2.10. The molecule has 0 unspecified atom stereocenters. The molecule has 0 spiro atoms. The lowest BCUT2D eigenvalue weighted by Gasteiger charge is -2.09. The number of hydrogen-bond acceptors (Lipinski definition) is 4. The number of rotatable bonds is 5. The van der Waals surface area contributed by atoms with Crippen LogP contribution in [0.1, 0.15) is 22.8 Å². The molecule has 2 aromatic rings. The second-order valence-electron chi connectivity index (χ2n) is 4.42. The summed E-state index contributed by atoms with van der Waals surface area (Å²) in [6.07, 6.45) is 2.54. The van der Waals surface area contributed by atoms with Crippen molar-refractivity contribution in [3.05, 3.63) is 41.4 Å². The Kier molecular flexibility index (Phi) is 4.04. The first-order chi connectivity index (χ1) is 9.91. The molecule has 7 heteroatoms. The van der Waals surface area contributed by atoms with Crippen molar-refractivity contribution in [1.82, 2.24) is 4.98 Å². The summed E-state index contributed by atoms with van der Waals surface area (Å²) >= 11 is 0. The van der Waals surface area contributed by atoms with Gasteiger partial charge in [-0.15, -0.1) is 0 Å². The fraction of sp³-hybridized carbons (Fsp3) is 0.214. The summed E-state index contributed by atoms with van der Waals surface area (Å²) in [4.78, 5) is 14.8. The first-order valence-corrected chi connectivity index (χ1v) is 7.84. The standard InChI is InChI=1S/C14H16N2O4S/c1-4-9-8-15-13-11(9)6-10(14(17)20-3)7-12(13)16-21(18,19)5-2/h5-8,15-16H,2,4H2,1,3H3. The Bertz CT molecular complexity index is 806. The number of fused-ring (bicyclic) bond motifs is 1. The van der Waals surface area contributed by atoms with Gasteiger partial charge in [-0.2, -0.15) is 0 Å². The highest BCUT2D eigenvalue weighted by Gasteiger charge is 2.16. The van der Waals surface area contributed by atoms with Gasteiger partial charge >= 0.3 is 5.97 Å². The van der Waals surface area contributed by atoms with Crippen LogP contribution in [0.2, 0.25) is 0 Å². The van der Waals surface area contributed by atoms with Crippen molar-refractivity contribution < 1.29 is 17.9 Å². The van der Waals surface area contributed by atoms with E-state index < -0.39 is 16.0 Å². The number of ether oxygens (including phenoxy) is 1. The molecule has 112 valence electrons. The van der Waals surface area contributed by atoms with E-state index >= 15 is 0 Å². The molecule has 1 aromatic heterocycles. The van der Waals surface area contributed by atoms with E-state index in [0.717, 1.165) is 22.8 Å². The first kappa shape index (κ1) is 15.1. The summed E-state index contributed by atoms with van der Waals surface area (Å²) in [5.41, 5.74) is 2.16. The van der Waals surface area contributed by atoms with Crippen molar-refractivity contribution in [1.29, 1.82) is 0 Å². The van der Waals surface area contributed by atoms with Crippen molar-refractivity contribution in [2.45, 2.75) is 13.3 Å². The first-order valence-electron chi connectivity index (χ1n) is 6.29. The van der Waals surface area contributed by atoms with Crippen LogP contribution in [0.4, 0.5) is 5.69 Å². The minimum absolute atomic E-state index is 0.279.